The molecule has 2 aromatic rings. The third-order valence-electron chi connectivity index (χ3n) is 5.04. The largest absolute Gasteiger partial charge is 0.454 e. The summed E-state index contributed by atoms with van der Waals surface area (Å²) in [6, 6.07) is 10.6. The van der Waals surface area contributed by atoms with E-state index >= 15 is 0 Å². The normalized spacial score (nSPS) is 13.8. The number of nitrogens with one attached hydrogen (secondary N) is 1. The van der Waals surface area contributed by atoms with Gasteiger partial charge in [0.2, 0.25) is 22.7 Å². The first-order valence-corrected chi connectivity index (χ1v) is 11.1. The second-order valence-electron chi connectivity index (χ2n) is 7.08. The molecule has 0 aliphatic carbocycles. The fourth-order valence-corrected chi connectivity index (χ4v) is 4.14. The van der Waals surface area contributed by atoms with E-state index in [9.17, 15) is 13.2 Å². The number of hydrogen-bond acceptors (Lipinski definition) is 5. The van der Waals surface area contributed by atoms with Crippen LogP contribution in [0.2, 0.25) is 0 Å². The SMILES string of the molecule is CCS(=O)(=O)N(CC(=O)N[C@H](C)c1ccc(C)c(C)c1)c1ccc2c(c1)OCO2. The van der Waals surface area contributed by atoms with Gasteiger partial charge in [-0.1, -0.05) is 18.2 Å². The van der Waals surface area contributed by atoms with E-state index in [-0.39, 0.29) is 31.0 Å². The molecule has 0 spiro atoms. The van der Waals surface area contributed by atoms with Gasteiger partial charge in [0.05, 0.1) is 17.5 Å². The second kappa shape index (κ2) is 8.32. The maximum atomic E-state index is 12.7. The van der Waals surface area contributed by atoms with Crippen molar-refractivity contribution in [2.75, 3.05) is 23.4 Å². The van der Waals surface area contributed by atoms with Gasteiger partial charge in [-0.2, -0.15) is 0 Å². The van der Waals surface area contributed by atoms with Crippen LogP contribution in [-0.4, -0.2) is 33.4 Å². The van der Waals surface area contributed by atoms with E-state index in [1.54, 1.807) is 25.1 Å². The van der Waals surface area contributed by atoms with E-state index < -0.39 is 10.0 Å². The van der Waals surface area contributed by atoms with Crippen molar-refractivity contribution in [1.82, 2.24) is 5.32 Å². The Kier molecular flexibility index (Phi) is 6.02. The van der Waals surface area contributed by atoms with Crippen LogP contribution >= 0.6 is 0 Å². The molecule has 3 rings (SSSR count). The van der Waals surface area contributed by atoms with Crippen LogP contribution in [0.5, 0.6) is 11.5 Å². The average molecular weight is 419 g/mol. The minimum atomic E-state index is -3.66. The molecule has 1 atom stereocenters. The van der Waals surface area contributed by atoms with Crippen LogP contribution in [0, 0.1) is 13.8 Å². The molecule has 7 nitrogen and oxygen atoms in total. The summed E-state index contributed by atoms with van der Waals surface area (Å²) in [4.78, 5) is 12.7. The molecule has 0 unspecified atom stereocenters. The van der Waals surface area contributed by atoms with Gasteiger partial charge in [-0.3, -0.25) is 9.10 Å². The lowest BCUT2D eigenvalue weighted by Crippen LogP contribution is -2.42. The Bertz CT molecular complexity index is 1020. The monoisotopic (exact) mass is 418 g/mol. The highest BCUT2D eigenvalue weighted by Crippen LogP contribution is 2.36. The molecular formula is C21H26N2O5S. The number of ether oxygens (including phenoxy) is 2. The number of aryl methyl sites for hydroxylation is 2. The van der Waals surface area contributed by atoms with Crippen molar-refractivity contribution in [1.29, 1.82) is 0 Å². The van der Waals surface area contributed by atoms with Crippen LogP contribution in [0.4, 0.5) is 5.69 Å². The highest BCUT2D eigenvalue weighted by atomic mass is 32.2. The van der Waals surface area contributed by atoms with Crippen LogP contribution < -0.4 is 19.1 Å². The zero-order valence-electron chi connectivity index (χ0n) is 17.1. The van der Waals surface area contributed by atoms with E-state index in [1.807, 2.05) is 39.0 Å². The minimum absolute atomic E-state index is 0.0906. The van der Waals surface area contributed by atoms with Gasteiger partial charge < -0.3 is 14.8 Å². The molecule has 0 fully saturated rings. The first-order valence-electron chi connectivity index (χ1n) is 9.48. The molecule has 0 bridgehead atoms. The van der Waals surface area contributed by atoms with Crippen molar-refractivity contribution < 1.29 is 22.7 Å². The number of fused-ring (bicyclic) bond motifs is 1. The third-order valence-corrected chi connectivity index (χ3v) is 6.78. The summed E-state index contributed by atoms with van der Waals surface area (Å²) >= 11 is 0. The Hall–Kier alpha value is -2.74. The summed E-state index contributed by atoms with van der Waals surface area (Å²) in [7, 11) is -3.66. The summed E-state index contributed by atoms with van der Waals surface area (Å²) in [5, 5.41) is 2.89. The summed E-state index contributed by atoms with van der Waals surface area (Å²) in [5.74, 6) is 0.505. The van der Waals surface area contributed by atoms with E-state index in [1.165, 1.54) is 5.56 Å². The molecular weight excluding hydrogens is 392 g/mol. The Morgan fingerprint density at radius 3 is 2.52 bits per heavy atom. The molecule has 1 N–H and O–H groups in total. The molecule has 8 heteroatoms. The molecule has 1 aliphatic rings. The van der Waals surface area contributed by atoms with Crippen molar-refractivity contribution in [3.63, 3.8) is 0 Å². The van der Waals surface area contributed by atoms with Gasteiger partial charge in [-0.05, 0) is 56.5 Å². The second-order valence-corrected chi connectivity index (χ2v) is 9.26. The van der Waals surface area contributed by atoms with E-state index in [2.05, 4.69) is 5.32 Å². The van der Waals surface area contributed by atoms with Crippen molar-refractivity contribution in [2.45, 2.75) is 33.7 Å². The number of hydrogen-bond donors (Lipinski definition) is 1. The maximum Gasteiger partial charge on any atom is 0.241 e. The summed E-state index contributed by atoms with van der Waals surface area (Å²) < 4.78 is 37.0. The number of sulfonamides is 1. The molecule has 1 heterocycles. The van der Waals surface area contributed by atoms with Crippen molar-refractivity contribution in [3.05, 3.63) is 53.1 Å². The quantitative estimate of drug-likeness (QED) is 0.747. The van der Waals surface area contributed by atoms with Crippen molar-refractivity contribution >= 4 is 21.6 Å². The molecule has 0 radical (unpaired) electrons. The highest BCUT2D eigenvalue weighted by molar-refractivity contribution is 7.92. The predicted octanol–water partition coefficient (Wildman–Crippen LogP) is 3.07. The van der Waals surface area contributed by atoms with Crippen LogP contribution in [0.3, 0.4) is 0 Å². The first kappa shape index (κ1) is 21.0. The third kappa shape index (κ3) is 4.64. The van der Waals surface area contributed by atoms with Crippen LogP contribution in [0.25, 0.3) is 0 Å². The predicted molar refractivity (Wildman–Crippen MR) is 112 cm³/mol. The summed E-state index contributed by atoms with van der Waals surface area (Å²) in [6.45, 7) is 7.24. The van der Waals surface area contributed by atoms with Crippen molar-refractivity contribution in [3.8, 4) is 11.5 Å². The van der Waals surface area contributed by atoms with Crippen LogP contribution in [0.15, 0.2) is 36.4 Å². The average Bonchev–Trinajstić information content (AvgIpc) is 3.15. The molecule has 0 saturated carbocycles. The molecule has 1 amide bonds. The van der Waals surface area contributed by atoms with E-state index in [0.29, 0.717) is 17.2 Å². The lowest BCUT2D eigenvalue weighted by Gasteiger charge is -2.24. The number of benzene rings is 2. The Labute approximate surface area is 171 Å². The molecule has 2 aromatic carbocycles. The van der Waals surface area contributed by atoms with Crippen LogP contribution in [-0.2, 0) is 14.8 Å². The van der Waals surface area contributed by atoms with E-state index in [0.717, 1.165) is 15.4 Å². The molecule has 0 saturated heterocycles. The Morgan fingerprint density at radius 2 is 1.83 bits per heavy atom. The molecule has 0 aromatic heterocycles. The maximum absolute atomic E-state index is 12.7. The molecule has 29 heavy (non-hydrogen) atoms. The topological polar surface area (TPSA) is 84.9 Å². The Morgan fingerprint density at radius 1 is 1.10 bits per heavy atom. The number of nitrogens with zero attached hydrogens (tertiary/aromatic N) is 1. The van der Waals surface area contributed by atoms with Gasteiger partial charge in [0, 0.05) is 6.07 Å². The first-order chi connectivity index (χ1) is 13.7. The fraction of sp³-hybridized carbons (Fsp3) is 0.381. The van der Waals surface area contributed by atoms with Crippen molar-refractivity contribution in [2.24, 2.45) is 0 Å². The van der Waals surface area contributed by atoms with E-state index in [4.69, 9.17) is 9.47 Å². The minimum Gasteiger partial charge on any atom is -0.454 e. The molecule has 1 aliphatic heterocycles. The smallest absolute Gasteiger partial charge is 0.241 e. The standard InChI is InChI=1S/C21H26N2O5S/c1-5-29(25,26)23(18-8-9-19-20(11-18)28-13-27-19)12-21(24)22-16(4)17-7-6-14(2)15(3)10-17/h6-11,16H,5,12-13H2,1-4H3,(H,22,24)/t16-/m1/s1. The lowest BCUT2D eigenvalue weighted by atomic mass is 10.0. The van der Waals surface area contributed by atoms with Gasteiger partial charge in [0.15, 0.2) is 11.5 Å². The lowest BCUT2D eigenvalue weighted by molar-refractivity contribution is -0.120. The van der Waals surface area contributed by atoms with Gasteiger partial charge >= 0.3 is 0 Å². The summed E-state index contributed by atoms with van der Waals surface area (Å²) in [6.07, 6.45) is 0. The van der Waals surface area contributed by atoms with Gasteiger partial charge in [0.25, 0.3) is 0 Å². The number of rotatable bonds is 7. The zero-order valence-corrected chi connectivity index (χ0v) is 17.9. The van der Waals surface area contributed by atoms with Gasteiger partial charge in [-0.15, -0.1) is 0 Å². The number of amides is 1. The summed E-state index contributed by atoms with van der Waals surface area (Å²) in [5.41, 5.74) is 3.65. The van der Waals surface area contributed by atoms with Gasteiger partial charge in [-0.25, -0.2) is 8.42 Å². The zero-order chi connectivity index (χ0) is 21.2. The highest BCUT2D eigenvalue weighted by Gasteiger charge is 2.26. The van der Waals surface area contributed by atoms with Gasteiger partial charge in [0.1, 0.15) is 6.54 Å². The number of carbonyl (C=O) groups excluding carboxylic acids is 1. The number of carbonyl (C=O) groups is 1. The number of anilines is 1. The fourth-order valence-electron chi connectivity index (χ4n) is 3.08. The Balaban J connectivity index is 1.79. The van der Waals surface area contributed by atoms with Crippen LogP contribution in [0.1, 0.15) is 36.6 Å². The molecule has 156 valence electrons.